The maximum absolute atomic E-state index is 12.3. The van der Waals surface area contributed by atoms with Crippen molar-refractivity contribution in [3.8, 4) is 0 Å². The molecule has 0 aliphatic heterocycles. The highest BCUT2D eigenvalue weighted by Gasteiger charge is 2.16. The zero-order chi connectivity index (χ0) is 14.6. The van der Waals surface area contributed by atoms with E-state index >= 15 is 0 Å². The molecule has 0 radical (unpaired) electrons. The van der Waals surface area contributed by atoms with E-state index in [2.05, 4.69) is 14.7 Å². The molecule has 106 valence electrons. The van der Waals surface area contributed by atoms with Gasteiger partial charge in [-0.2, -0.15) is 0 Å². The van der Waals surface area contributed by atoms with Gasteiger partial charge in [-0.05, 0) is 24.1 Å². The fourth-order valence-electron chi connectivity index (χ4n) is 1.71. The fraction of sp³-hybridized carbons (Fsp3) is 0.231. The number of hydrogen-bond acceptors (Lipinski definition) is 5. The molecule has 0 aliphatic carbocycles. The molecule has 0 saturated carbocycles. The van der Waals surface area contributed by atoms with Crippen LogP contribution in [-0.2, 0) is 10.0 Å². The molecule has 0 amide bonds. The number of nitrogens with zero attached hydrogens (tertiary/aromatic N) is 2. The second kappa shape index (κ2) is 5.98. The molecule has 1 aromatic carbocycles. The number of hydrogen-bond donors (Lipinski definition) is 2. The van der Waals surface area contributed by atoms with Crippen LogP contribution in [0.4, 0.5) is 5.69 Å². The smallest absolute Gasteiger partial charge is 0.262 e. The predicted molar refractivity (Wildman–Crippen MR) is 76.5 cm³/mol. The van der Waals surface area contributed by atoms with Crippen molar-refractivity contribution in [1.82, 2.24) is 9.97 Å². The third kappa shape index (κ3) is 3.31. The minimum absolute atomic E-state index is 0.169. The third-order valence-electron chi connectivity index (χ3n) is 2.85. The highest BCUT2D eigenvalue weighted by molar-refractivity contribution is 7.92. The summed E-state index contributed by atoms with van der Waals surface area (Å²) in [4.78, 5) is 7.70. The van der Waals surface area contributed by atoms with Gasteiger partial charge in [0, 0.05) is 6.04 Å². The van der Waals surface area contributed by atoms with E-state index in [1.165, 1.54) is 24.8 Å². The molecule has 0 bridgehead atoms. The van der Waals surface area contributed by atoms with Gasteiger partial charge in [0.1, 0.15) is 6.33 Å². The largest absolute Gasteiger partial charge is 0.324 e. The Morgan fingerprint density at radius 1 is 1.30 bits per heavy atom. The third-order valence-corrected chi connectivity index (χ3v) is 4.23. The summed E-state index contributed by atoms with van der Waals surface area (Å²) >= 11 is 0. The highest BCUT2D eigenvalue weighted by Crippen LogP contribution is 2.20. The van der Waals surface area contributed by atoms with Crippen molar-refractivity contribution in [2.75, 3.05) is 4.72 Å². The summed E-state index contributed by atoms with van der Waals surface area (Å²) < 4.78 is 26.9. The molecule has 0 saturated heterocycles. The van der Waals surface area contributed by atoms with E-state index in [4.69, 9.17) is 5.73 Å². The summed E-state index contributed by atoms with van der Waals surface area (Å²) in [5, 5.41) is 0. The topological polar surface area (TPSA) is 98.0 Å². The normalized spacial score (nSPS) is 12.9. The molecule has 3 N–H and O–H groups in total. The summed E-state index contributed by atoms with van der Waals surface area (Å²) in [6.07, 6.45) is 4.86. The Balaban J connectivity index is 2.30. The summed E-state index contributed by atoms with van der Waals surface area (Å²) in [7, 11) is -3.66. The van der Waals surface area contributed by atoms with Crippen molar-refractivity contribution in [2.45, 2.75) is 24.3 Å². The van der Waals surface area contributed by atoms with E-state index in [1.807, 2.05) is 13.0 Å². The van der Waals surface area contributed by atoms with Crippen molar-refractivity contribution >= 4 is 15.7 Å². The summed E-state index contributed by atoms with van der Waals surface area (Å²) in [6.45, 7) is 1.95. The number of rotatable bonds is 5. The quantitative estimate of drug-likeness (QED) is 0.873. The van der Waals surface area contributed by atoms with Gasteiger partial charge in [-0.3, -0.25) is 4.72 Å². The Morgan fingerprint density at radius 3 is 2.65 bits per heavy atom. The Kier molecular flexibility index (Phi) is 4.31. The molecule has 2 rings (SSSR count). The molecular formula is C13H16N4O2S. The van der Waals surface area contributed by atoms with Crippen molar-refractivity contribution in [2.24, 2.45) is 5.73 Å². The zero-order valence-electron chi connectivity index (χ0n) is 11.0. The second-order valence-electron chi connectivity index (χ2n) is 4.32. The molecule has 1 heterocycles. The van der Waals surface area contributed by atoms with Gasteiger partial charge >= 0.3 is 0 Å². The number of anilines is 1. The van der Waals surface area contributed by atoms with Gasteiger partial charge < -0.3 is 5.73 Å². The van der Waals surface area contributed by atoms with E-state index in [0.717, 1.165) is 12.0 Å². The van der Waals surface area contributed by atoms with Gasteiger partial charge in [-0.25, -0.2) is 18.4 Å². The number of sulfonamides is 1. The fourth-order valence-corrected chi connectivity index (χ4v) is 2.80. The van der Waals surface area contributed by atoms with Crippen LogP contribution in [-0.4, -0.2) is 18.4 Å². The van der Waals surface area contributed by atoms with Gasteiger partial charge in [-0.1, -0.05) is 19.1 Å². The van der Waals surface area contributed by atoms with E-state index in [0.29, 0.717) is 5.69 Å². The average Bonchev–Trinajstić information content (AvgIpc) is 2.47. The van der Waals surface area contributed by atoms with Crippen molar-refractivity contribution in [3.63, 3.8) is 0 Å². The monoisotopic (exact) mass is 292 g/mol. The molecule has 0 aliphatic rings. The van der Waals surface area contributed by atoms with E-state index in [1.54, 1.807) is 12.1 Å². The first-order chi connectivity index (χ1) is 9.53. The molecule has 1 aromatic heterocycles. The van der Waals surface area contributed by atoms with Gasteiger partial charge in [-0.15, -0.1) is 0 Å². The first kappa shape index (κ1) is 14.4. The van der Waals surface area contributed by atoms with Gasteiger partial charge in [0.05, 0.1) is 23.0 Å². The minimum Gasteiger partial charge on any atom is -0.324 e. The second-order valence-corrected chi connectivity index (χ2v) is 6.00. The Hall–Kier alpha value is -1.99. The van der Waals surface area contributed by atoms with Crippen LogP contribution in [0, 0.1) is 0 Å². The van der Waals surface area contributed by atoms with Crippen LogP contribution in [0.3, 0.4) is 0 Å². The first-order valence-electron chi connectivity index (χ1n) is 6.16. The first-order valence-corrected chi connectivity index (χ1v) is 7.64. The molecule has 2 aromatic rings. The molecule has 1 atom stereocenters. The molecule has 20 heavy (non-hydrogen) atoms. The van der Waals surface area contributed by atoms with Crippen LogP contribution in [0.15, 0.2) is 47.9 Å². The number of aromatic nitrogens is 2. The van der Waals surface area contributed by atoms with Crippen LogP contribution in [0.25, 0.3) is 0 Å². The summed E-state index contributed by atoms with van der Waals surface area (Å²) in [5.74, 6) is 0. The van der Waals surface area contributed by atoms with Crippen LogP contribution < -0.4 is 10.5 Å². The summed E-state index contributed by atoms with van der Waals surface area (Å²) in [5.41, 5.74) is 7.03. The average molecular weight is 292 g/mol. The molecule has 0 spiro atoms. The summed E-state index contributed by atoms with van der Waals surface area (Å²) in [6, 6.07) is 6.43. The number of nitrogens with one attached hydrogen (secondary N) is 1. The van der Waals surface area contributed by atoms with Crippen LogP contribution in [0.1, 0.15) is 24.9 Å². The van der Waals surface area contributed by atoms with E-state index in [-0.39, 0.29) is 10.9 Å². The van der Waals surface area contributed by atoms with E-state index < -0.39 is 10.0 Å². The molecular weight excluding hydrogens is 276 g/mol. The lowest BCUT2D eigenvalue weighted by Crippen LogP contribution is -2.15. The van der Waals surface area contributed by atoms with Crippen molar-refractivity contribution in [3.05, 3.63) is 48.5 Å². The Labute approximate surface area is 118 Å². The Bertz CT molecular complexity index is 674. The van der Waals surface area contributed by atoms with Crippen LogP contribution in [0.2, 0.25) is 0 Å². The standard InChI is InChI=1S/C13H16N4O2S/c1-2-13(14)10-4-3-5-12(6-10)20(18,19)17-11-7-15-9-16-8-11/h3-9,13,17H,2,14H2,1H3. The van der Waals surface area contributed by atoms with Crippen molar-refractivity contribution < 1.29 is 8.42 Å². The van der Waals surface area contributed by atoms with E-state index in [9.17, 15) is 8.42 Å². The van der Waals surface area contributed by atoms with Gasteiger partial charge in [0.25, 0.3) is 10.0 Å². The zero-order valence-corrected chi connectivity index (χ0v) is 11.8. The van der Waals surface area contributed by atoms with Crippen LogP contribution >= 0.6 is 0 Å². The number of benzene rings is 1. The van der Waals surface area contributed by atoms with Gasteiger partial charge in [0.15, 0.2) is 0 Å². The molecule has 1 unspecified atom stereocenters. The lowest BCUT2D eigenvalue weighted by atomic mass is 10.1. The SMILES string of the molecule is CCC(N)c1cccc(S(=O)(=O)Nc2cncnc2)c1. The highest BCUT2D eigenvalue weighted by atomic mass is 32.2. The lowest BCUT2D eigenvalue weighted by molar-refractivity contribution is 0.600. The van der Waals surface area contributed by atoms with Crippen LogP contribution in [0.5, 0.6) is 0 Å². The maximum atomic E-state index is 12.3. The van der Waals surface area contributed by atoms with Crippen molar-refractivity contribution in [1.29, 1.82) is 0 Å². The maximum Gasteiger partial charge on any atom is 0.262 e. The minimum atomic E-state index is -3.66. The molecule has 0 fully saturated rings. The Morgan fingerprint density at radius 2 is 2.00 bits per heavy atom. The number of nitrogens with two attached hydrogens (primary N) is 1. The molecule has 6 nitrogen and oxygen atoms in total. The predicted octanol–water partition coefficient (Wildman–Crippen LogP) is 1.69. The lowest BCUT2D eigenvalue weighted by Gasteiger charge is -2.12. The van der Waals surface area contributed by atoms with Gasteiger partial charge in [0.2, 0.25) is 0 Å². The molecule has 7 heteroatoms.